The van der Waals surface area contributed by atoms with Crippen LogP contribution in [-0.2, 0) is 14.1 Å². The van der Waals surface area contributed by atoms with Gasteiger partial charge in [0.15, 0.2) is 12.4 Å². The maximum absolute atomic E-state index is 13.5. The third-order valence-electron chi connectivity index (χ3n) is 5.19. The zero-order chi connectivity index (χ0) is 22.9. The maximum Gasteiger partial charge on any atom is 0.329 e. The van der Waals surface area contributed by atoms with Crippen molar-refractivity contribution in [3.8, 4) is 11.6 Å². The highest BCUT2D eigenvalue weighted by molar-refractivity contribution is 6.00. The number of aromatic nitrogens is 3. The van der Waals surface area contributed by atoms with Gasteiger partial charge in [0.2, 0.25) is 5.78 Å². The Labute approximate surface area is 179 Å². The third-order valence-corrected chi connectivity index (χ3v) is 5.19. The molecule has 162 valence electrons. The third kappa shape index (κ3) is 3.94. The van der Waals surface area contributed by atoms with Crippen LogP contribution in [0, 0.1) is 0 Å². The molecule has 9 nitrogen and oxygen atoms in total. The van der Waals surface area contributed by atoms with Crippen LogP contribution in [-0.4, -0.2) is 36.1 Å². The van der Waals surface area contributed by atoms with Crippen LogP contribution >= 0.6 is 0 Å². The summed E-state index contributed by atoms with van der Waals surface area (Å²) in [6.07, 6.45) is 3.26. The van der Waals surface area contributed by atoms with Crippen LogP contribution in [0.2, 0.25) is 0 Å². The number of hydrogen-bond donors (Lipinski definition) is 0. The van der Waals surface area contributed by atoms with E-state index in [4.69, 9.17) is 4.74 Å². The Morgan fingerprint density at radius 3 is 2.13 bits per heavy atom. The number of ether oxygens (including phenoxy) is 1. The second kappa shape index (κ2) is 8.47. The summed E-state index contributed by atoms with van der Waals surface area (Å²) in [5, 5.41) is 12.9. The molecule has 0 saturated carbocycles. The van der Waals surface area contributed by atoms with Gasteiger partial charge in [0.25, 0.3) is 11.6 Å². The van der Waals surface area contributed by atoms with Crippen LogP contribution in [0.5, 0.6) is 11.6 Å². The summed E-state index contributed by atoms with van der Waals surface area (Å²) in [4.78, 5) is 40.5. The van der Waals surface area contributed by atoms with E-state index >= 15 is 0 Å². The first kappa shape index (κ1) is 21.8. The highest BCUT2D eigenvalue weighted by Gasteiger charge is 2.35. The first-order chi connectivity index (χ1) is 14.7. The molecule has 0 aliphatic carbocycles. The van der Waals surface area contributed by atoms with Crippen molar-refractivity contribution in [1.82, 2.24) is 9.13 Å². The zero-order valence-electron chi connectivity index (χ0n) is 18.0. The molecule has 3 aromatic rings. The predicted molar refractivity (Wildman–Crippen MR) is 113 cm³/mol. The van der Waals surface area contributed by atoms with E-state index in [-0.39, 0.29) is 5.56 Å². The van der Waals surface area contributed by atoms with Crippen molar-refractivity contribution in [2.24, 2.45) is 14.1 Å². The minimum atomic E-state index is -1.25. The standard InChI is InChI=1S/C22H24N4O5/c1-23(2)15-10-12-26(13-11-15)18(19(27)14-6-8-16(31-5)9-7-14)17-20(28)24(3)22(30)25(4)21(17)29/h6-13,18H,1-5H3. The molecule has 1 atom stereocenters. The molecule has 1 aromatic carbocycles. The van der Waals surface area contributed by atoms with E-state index in [0.717, 1.165) is 14.8 Å². The molecule has 0 bridgehead atoms. The molecule has 0 radical (unpaired) electrons. The first-order valence-electron chi connectivity index (χ1n) is 9.50. The van der Waals surface area contributed by atoms with Crippen molar-refractivity contribution in [2.75, 3.05) is 26.1 Å². The van der Waals surface area contributed by atoms with E-state index in [1.54, 1.807) is 48.8 Å². The molecule has 3 rings (SSSR count). The molecular formula is C22H24N4O5. The van der Waals surface area contributed by atoms with Crippen molar-refractivity contribution >= 4 is 11.5 Å². The van der Waals surface area contributed by atoms with E-state index in [1.807, 2.05) is 19.0 Å². The number of ketones is 1. The van der Waals surface area contributed by atoms with E-state index in [0.29, 0.717) is 11.3 Å². The fourth-order valence-corrected chi connectivity index (χ4v) is 3.31. The van der Waals surface area contributed by atoms with E-state index in [9.17, 15) is 19.5 Å². The molecule has 31 heavy (non-hydrogen) atoms. The number of anilines is 1. The lowest BCUT2D eigenvalue weighted by Crippen LogP contribution is -2.50. The number of nitrogens with zero attached hydrogens (tertiary/aromatic N) is 4. The van der Waals surface area contributed by atoms with Gasteiger partial charge in [-0.25, -0.2) is 4.79 Å². The monoisotopic (exact) mass is 424 g/mol. The second-order valence-corrected chi connectivity index (χ2v) is 7.32. The summed E-state index contributed by atoms with van der Waals surface area (Å²) in [6.45, 7) is 0. The van der Waals surface area contributed by atoms with Gasteiger partial charge in [-0.3, -0.25) is 14.2 Å². The quantitative estimate of drug-likeness (QED) is 0.408. The Morgan fingerprint density at radius 1 is 1.03 bits per heavy atom. The summed E-state index contributed by atoms with van der Waals surface area (Å²) in [5.41, 5.74) is -0.674. The van der Waals surface area contributed by atoms with Crippen LogP contribution in [0.3, 0.4) is 0 Å². The van der Waals surface area contributed by atoms with Gasteiger partial charge < -0.3 is 19.3 Å². The van der Waals surface area contributed by atoms with Gasteiger partial charge in [-0.05, 0) is 30.1 Å². The van der Waals surface area contributed by atoms with Gasteiger partial charge >= 0.3 is 5.69 Å². The summed E-state index contributed by atoms with van der Waals surface area (Å²) in [7, 11) is 7.82. The topological polar surface area (TPSA) is 100 Å². The second-order valence-electron chi connectivity index (χ2n) is 7.32. The molecule has 0 amide bonds. The van der Waals surface area contributed by atoms with E-state index < -0.39 is 29.0 Å². The molecule has 2 aromatic heterocycles. The van der Waals surface area contributed by atoms with E-state index in [1.165, 1.54) is 25.8 Å². The van der Waals surface area contributed by atoms with Gasteiger partial charge in [-0.2, -0.15) is 4.57 Å². The van der Waals surface area contributed by atoms with Crippen LogP contribution in [0.1, 0.15) is 22.0 Å². The number of benzene rings is 1. The van der Waals surface area contributed by atoms with Gasteiger partial charge in [0.05, 0.1) is 7.11 Å². The Bertz CT molecular complexity index is 1220. The van der Waals surface area contributed by atoms with E-state index in [2.05, 4.69) is 0 Å². The van der Waals surface area contributed by atoms with Crippen LogP contribution in [0.4, 0.5) is 5.69 Å². The number of pyridine rings is 1. The summed E-state index contributed by atoms with van der Waals surface area (Å²) >= 11 is 0. The maximum atomic E-state index is 13.5. The molecule has 1 unspecified atom stereocenters. The van der Waals surface area contributed by atoms with Gasteiger partial charge in [-0.1, -0.05) is 0 Å². The molecule has 2 heterocycles. The summed E-state index contributed by atoms with van der Waals surface area (Å²) in [6, 6.07) is 8.68. The fourth-order valence-electron chi connectivity index (χ4n) is 3.31. The molecule has 0 spiro atoms. The average molecular weight is 424 g/mol. The highest BCUT2D eigenvalue weighted by atomic mass is 16.5. The smallest absolute Gasteiger partial charge is 0.329 e. The molecule has 0 aliphatic rings. The number of rotatable bonds is 6. The number of Topliss-reactive ketones (excluding diaryl/α,β-unsaturated/α-hetero) is 1. The highest BCUT2D eigenvalue weighted by Crippen LogP contribution is 2.22. The average Bonchev–Trinajstić information content (AvgIpc) is 2.79. The summed E-state index contributed by atoms with van der Waals surface area (Å²) in [5.74, 6) is -0.694. The van der Waals surface area contributed by atoms with Crippen LogP contribution < -0.4 is 30.6 Å². The SMILES string of the molecule is COc1ccc(C(=O)C(c2c([O-])n(C)c(=O)n(C)c2=O)[n+]2ccc(N(C)C)cc2)cc1. The van der Waals surface area contributed by atoms with Crippen molar-refractivity contribution in [3.05, 3.63) is 80.8 Å². The minimum absolute atomic E-state index is 0.297. The zero-order valence-corrected chi connectivity index (χ0v) is 18.0. The Morgan fingerprint density at radius 2 is 1.61 bits per heavy atom. The lowest BCUT2D eigenvalue weighted by Gasteiger charge is -2.22. The molecule has 0 aliphatic heterocycles. The van der Waals surface area contributed by atoms with Crippen LogP contribution in [0.25, 0.3) is 0 Å². The molecule has 0 fully saturated rings. The van der Waals surface area contributed by atoms with Crippen molar-refractivity contribution in [1.29, 1.82) is 0 Å². The lowest BCUT2D eigenvalue weighted by molar-refractivity contribution is -0.699. The Balaban J connectivity index is 2.26. The first-order valence-corrected chi connectivity index (χ1v) is 9.50. The number of carbonyl (C=O) groups excluding carboxylic acids is 1. The van der Waals surface area contributed by atoms with Crippen LogP contribution in [0.15, 0.2) is 58.4 Å². The van der Waals surface area contributed by atoms with Gasteiger partial charge in [-0.15, -0.1) is 0 Å². The normalized spacial score (nSPS) is 11.8. The number of hydrogen-bond acceptors (Lipinski definition) is 6. The van der Waals surface area contributed by atoms with Crippen molar-refractivity contribution < 1.29 is 19.2 Å². The van der Waals surface area contributed by atoms with Crippen molar-refractivity contribution in [3.63, 3.8) is 0 Å². The minimum Gasteiger partial charge on any atom is -0.859 e. The van der Waals surface area contributed by atoms with Gasteiger partial charge in [0.1, 0.15) is 11.3 Å². The van der Waals surface area contributed by atoms with Crippen molar-refractivity contribution in [2.45, 2.75) is 6.04 Å². The molecular weight excluding hydrogens is 400 g/mol. The number of methoxy groups -OCH3 is 1. The molecule has 0 saturated heterocycles. The Kier molecular flexibility index (Phi) is 5.96. The largest absolute Gasteiger partial charge is 0.859 e. The lowest BCUT2D eigenvalue weighted by atomic mass is 9.98. The molecule has 9 heteroatoms. The van der Waals surface area contributed by atoms with Gasteiger partial charge in [0, 0.05) is 51.6 Å². The Hall–Kier alpha value is -3.88. The summed E-state index contributed by atoms with van der Waals surface area (Å²) < 4.78 is 8.30. The predicted octanol–water partition coefficient (Wildman–Crippen LogP) is -0.00800. The fraction of sp³-hybridized carbons (Fsp3) is 0.273. The molecule has 0 N–H and O–H groups in total. The number of carbonyl (C=O) groups is 1.